The summed E-state index contributed by atoms with van der Waals surface area (Å²) in [5.41, 5.74) is 0. The van der Waals surface area contributed by atoms with Crippen LogP contribution in [0.4, 0.5) is 0 Å². The molecule has 4 aliphatic heterocycles. The number of hydrogen-bond donors (Lipinski definition) is 0. The van der Waals surface area contributed by atoms with Crippen LogP contribution in [0.1, 0.15) is 44.9 Å². The average Bonchev–Trinajstić information content (AvgIpc) is 2.40. The number of hydrogen-bond acceptors (Lipinski definition) is 1. The van der Waals surface area contributed by atoms with Crippen molar-refractivity contribution < 1.29 is 9.28 Å². The van der Waals surface area contributed by atoms with Crippen molar-refractivity contribution in [1.29, 1.82) is 0 Å². The zero-order valence-corrected chi connectivity index (χ0v) is 12.2. The molecule has 5 atom stereocenters. The van der Waals surface area contributed by atoms with Crippen molar-refractivity contribution in [1.82, 2.24) is 4.90 Å². The molecule has 0 aromatic carbocycles. The summed E-state index contributed by atoms with van der Waals surface area (Å²) < 4.78 is 1.33. The SMILES string of the molecule is C[N+]12CCC[C@H]3CN4C(=O)CCC[C@@H]4[C@@H](CCC1)[C@H]32. The predicted molar refractivity (Wildman–Crippen MR) is 74.5 cm³/mol. The zero-order chi connectivity index (χ0) is 13.0. The molecular weight excluding hydrogens is 236 g/mol. The Morgan fingerprint density at radius 3 is 2.74 bits per heavy atom. The Bertz CT molecular complexity index is 392. The highest BCUT2D eigenvalue weighted by Crippen LogP contribution is 2.47. The van der Waals surface area contributed by atoms with Gasteiger partial charge in [-0.25, -0.2) is 0 Å². The Kier molecular flexibility index (Phi) is 2.70. The Hall–Kier alpha value is -0.570. The van der Waals surface area contributed by atoms with Gasteiger partial charge in [-0.05, 0) is 38.5 Å². The molecule has 4 saturated heterocycles. The second kappa shape index (κ2) is 4.21. The molecule has 1 amide bonds. The number of carbonyl (C=O) groups excluding carboxylic acids is 1. The third kappa shape index (κ3) is 1.70. The van der Waals surface area contributed by atoms with Crippen molar-refractivity contribution in [2.24, 2.45) is 11.8 Å². The number of quaternary nitrogens is 1. The quantitative estimate of drug-likeness (QED) is 0.612. The molecule has 1 unspecified atom stereocenters. The number of piperidine rings is 4. The average molecular weight is 263 g/mol. The van der Waals surface area contributed by atoms with Crippen molar-refractivity contribution in [3.63, 3.8) is 0 Å². The number of rotatable bonds is 0. The maximum absolute atomic E-state index is 12.3. The van der Waals surface area contributed by atoms with E-state index in [1.165, 1.54) is 49.7 Å². The molecule has 0 spiro atoms. The Labute approximate surface area is 116 Å². The van der Waals surface area contributed by atoms with Crippen molar-refractivity contribution >= 4 is 5.91 Å². The lowest BCUT2D eigenvalue weighted by atomic mass is 9.67. The fraction of sp³-hybridized carbons (Fsp3) is 0.938. The van der Waals surface area contributed by atoms with Crippen LogP contribution in [0.2, 0.25) is 0 Å². The van der Waals surface area contributed by atoms with Gasteiger partial charge in [-0.2, -0.15) is 0 Å². The molecule has 4 fully saturated rings. The molecule has 0 saturated carbocycles. The second-order valence-corrected chi connectivity index (χ2v) is 7.63. The molecule has 4 rings (SSSR count). The molecule has 0 radical (unpaired) electrons. The Morgan fingerprint density at radius 2 is 1.89 bits per heavy atom. The van der Waals surface area contributed by atoms with Gasteiger partial charge in [0.15, 0.2) is 0 Å². The molecule has 0 aliphatic carbocycles. The third-order valence-electron chi connectivity index (χ3n) is 6.63. The van der Waals surface area contributed by atoms with Gasteiger partial charge in [0.2, 0.25) is 5.91 Å². The summed E-state index contributed by atoms with van der Waals surface area (Å²) >= 11 is 0. The largest absolute Gasteiger partial charge is 0.339 e. The third-order valence-corrected chi connectivity index (χ3v) is 6.63. The monoisotopic (exact) mass is 263 g/mol. The van der Waals surface area contributed by atoms with Crippen molar-refractivity contribution in [3.05, 3.63) is 0 Å². The number of nitrogens with zero attached hydrogens (tertiary/aromatic N) is 2. The van der Waals surface area contributed by atoms with E-state index in [4.69, 9.17) is 0 Å². The lowest BCUT2D eigenvalue weighted by molar-refractivity contribution is -0.952. The van der Waals surface area contributed by atoms with E-state index in [-0.39, 0.29) is 0 Å². The molecule has 3 nitrogen and oxygen atoms in total. The summed E-state index contributed by atoms with van der Waals surface area (Å²) in [6.45, 7) is 3.86. The van der Waals surface area contributed by atoms with Crippen molar-refractivity contribution in [2.45, 2.75) is 57.0 Å². The first-order valence-electron chi connectivity index (χ1n) is 8.33. The van der Waals surface area contributed by atoms with E-state index in [1.54, 1.807) is 0 Å². The van der Waals surface area contributed by atoms with Crippen LogP contribution in [0.15, 0.2) is 0 Å². The first-order chi connectivity index (χ1) is 9.19. The molecule has 0 N–H and O–H groups in total. The Morgan fingerprint density at radius 1 is 1.11 bits per heavy atom. The standard InChI is InChI=1S/C16H27N2O/c1-18-9-3-5-12-11-17-14(7-2-8-15(17)19)13(16(12)18)6-4-10-18/h12-14,16H,2-11H2,1H3/q+1/t12-,13+,14+,16-,18?/m0/s1. The van der Waals surface area contributed by atoms with Crippen LogP contribution in [0.25, 0.3) is 0 Å². The summed E-state index contributed by atoms with van der Waals surface area (Å²) in [6, 6.07) is 1.47. The van der Waals surface area contributed by atoms with Gasteiger partial charge in [0.1, 0.15) is 0 Å². The minimum atomic E-state index is 0.458. The van der Waals surface area contributed by atoms with Crippen LogP contribution in [-0.2, 0) is 4.79 Å². The highest BCUT2D eigenvalue weighted by atomic mass is 16.2. The smallest absolute Gasteiger partial charge is 0.222 e. The molecule has 3 heteroatoms. The van der Waals surface area contributed by atoms with E-state index in [1.807, 2.05) is 0 Å². The lowest BCUT2D eigenvalue weighted by Crippen LogP contribution is -2.72. The maximum Gasteiger partial charge on any atom is 0.222 e. The minimum absolute atomic E-state index is 0.458. The van der Waals surface area contributed by atoms with Crippen molar-refractivity contribution in [2.75, 3.05) is 26.7 Å². The van der Waals surface area contributed by atoms with Gasteiger partial charge in [-0.3, -0.25) is 4.79 Å². The molecule has 0 bridgehead atoms. The van der Waals surface area contributed by atoms with Crippen LogP contribution in [0.5, 0.6) is 0 Å². The van der Waals surface area contributed by atoms with E-state index in [0.29, 0.717) is 11.9 Å². The summed E-state index contributed by atoms with van der Waals surface area (Å²) in [7, 11) is 2.50. The normalized spacial score (nSPS) is 49.5. The van der Waals surface area contributed by atoms with E-state index in [2.05, 4.69) is 11.9 Å². The second-order valence-electron chi connectivity index (χ2n) is 7.63. The molecular formula is C16H27N2O+. The van der Waals surface area contributed by atoms with Crippen LogP contribution in [0, 0.1) is 11.8 Å². The van der Waals surface area contributed by atoms with E-state index >= 15 is 0 Å². The van der Waals surface area contributed by atoms with Gasteiger partial charge in [-0.1, -0.05) is 0 Å². The van der Waals surface area contributed by atoms with Gasteiger partial charge in [0, 0.05) is 30.8 Å². The topological polar surface area (TPSA) is 20.3 Å². The number of fused-ring (bicyclic) bond motifs is 2. The van der Waals surface area contributed by atoms with Gasteiger partial charge >= 0.3 is 0 Å². The lowest BCUT2D eigenvalue weighted by Gasteiger charge is -2.61. The van der Waals surface area contributed by atoms with Gasteiger partial charge < -0.3 is 9.38 Å². The molecule has 0 aromatic heterocycles. The first kappa shape index (κ1) is 12.2. The molecule has 0 aromatic rings. The predicted octanol–water partition coefficient (Wildman–Crippen LogP) is 2.02. The fourth-order valence-corrected chi connectivity index (χ4v) is 5.98. The van der Waals surface area contributed by atoms with Gasteiger partial charge in [-0.15, -0.1) is 0 Å². The summed E-state index contributed by atoms with van der Waals surface area (Å²) in [6.07, 6.45) is 8.72. The Balaban J connectivity index is 1.69. The number of amides is 1. The van der Waals surface area contributed by atoms with Crippen LogP contribution in [-0.4, -0.2) is 54.1 Å². The molecule has 4 aliphatic rings. The van der Waals surface area contributed by atoms with E-state index < -0.39 is 0 Å². The van der Waals surface area contributed by atoms with E-state index in [0.717, 1.165) is 37.3 Å². The summed E-state index contributed by atoms with van der Waals surface area (Å²) in [5.74, 6) is 2.06. The molecule has 4 heterocycles. The van der Waals surface area contributed by atoms with E-state index in [9.17, 15) is 4.79 Å². The number of carbonyl (C=O) groups is 1. The zero-order valence-electron chi connectivity index (χ0n) is 12.2. The van der Waals surface area contributed by atoms with Crippen LogP contribution >= 0.6 is 0 Å². The van der Waals surface area contributed by atoms with Gasteiger partial charge in [0.05, 0.1) is 26.2 Å². The first-order valence-corrected chi connectivity index (χ1v) is 8.33. The highest BCUT2D eigenvalue weighted by Gasteiger charge is 2.56. The summed E-state index contributed by atoms with van der Waals surface area (Å²) in [5, 5.41) is 0. The fourth-order valence-electron chi connectivity index (χ4n) is 5.98. The van der Waals surface area contributed by atoms with Crippen molar-refractivity contribution in [3.8, 4) is 0 Å². The summed E-state index contributed by atoms with van der Waals surface area (Å²) in [4.78, 5) is 14.6. The maximum atomic E-state index is 12.3. The molecule has 106 valence electrons. The van der Waals surface area contributed by atoms with Crippen LogP contribution in [0.3, 0.4) is 0 Å². The molecule has 19 heavy (non-hydrogen) atoms. The highest BCUT2D eigenvalue weighted by molar-refractivity contribution is 5.77. The van der Waals surface area contributed by atoms with Gasteiger partial charge in [0.25, 0.3) is 0 Å². The minimum Gasteiger partial charge on any atom is -0.339 e. The van der Waals surface area contributed by atoms with Crippen LogP contribution < -0.4 is 0 Å².